The largest absolute Gasteiger partial charge is 0.469 e. The molecule has 0 aromatic heterocycles. The number of rotatable bonds is 11. The first-order valence-corrected chi connectivity index (χ1v) is 8.15. The van der Waals surface area contributed by atoms with Gasteiger partial charge in [0.2, 0.25) is 0 Å². The summed E-state index contributed by atoms with van der Waals surface area (Å²) in [5, 5.41) is 0. The Morgan fingerprint density at radius 3 is 1.26 bits per heavy atom. The third-order valence-corrected chi connectivity index (χ3v) is 4.41. The fraction of sp³-hybridized carbons (Fsp3) is 0.929. The molecule has 0 bridgehead atoms. The molecule has 0 aromatic carbocycles. The van der Waals surface area contributed by atoms with E-state index in [4.69, 9.17) is 5.73 Å². The van der Waals surface area contributed by atoms with Crippen LogP contribution in [-0.4, -0.2) is 67.3 Å². The SMILES string of the molecule is COC(=O)C(CN)CCC(F)(F)C(F)(F)C(F)(F)C(F)(F)C(F)(F)C(F)(F)C(F)(F)C(F)(F)F. The normalized spacial score (nSPS) is 16.4. The van der Waals surface area contributed by atoms with Gasteiger partial charge in [0.25, 0.3) is 0 Å². The lowest BCUT2D eigenvalue weighted by Crippen LogP contribution is -2.74. The van der Waals surface area contributed by atoms with Crippen LogP contribution in [-0.2, 0) is 9.53 Å². The van der Waals surface area contributed by atoms with Crippen LogP contribution < -0.4 is 5.73 Å². The van der Waals surface area contributed by atoms with Crippen LogP contribution in [0.15, 0.2) is 0 Å². The van der Waals surface area contributed by atoms with Gasteiger partial charge < -0.3 is 10.5 Å². The van der Waals surface area contributed by atoms with Gasteiger partial charge >= 0.3 is 53.6 Å². The van der Waals surface area contributed by atoms with Crippen molar-refractivity contribution in [1.82, 2.24) is 0 Å². The quantitative estimate of drug-likeness (QED) is 0.273. The van der Waals surface area contributed by atoms with Gasteiger partial charge in [0.1, 0.15) is 0 Å². The number of hydrogen-bond donors (Lipinski definition) is 1. The summed E-state index contributed by atoms with van der Waals surface area (Å²) < 4.78 is 227. The van der Waals surface area contributed by atoms with Crippen LogP contribution in [0, 0.1) is 5.92 Å². The highest BCUT2D eigenvalue weighted by Gasteiger charge is 2.95. The molecule has 1 unspecified atom stereocenters. The lowest BCUT2D eigenvalue weighted by molar-refractivity contribution is -0.461. The van der Waals surface area contributed by atoms with E-state index in [0.717, 1.165) is 0 Å². The lowest BCUT2D eigenvalue weighted by Gasteiger charge is -2.42. The predicted octanol–water partition coefficient (Wildman–Crippen LogP) is 5.52. The molecule has 0 heterocycles. The number of methoxy groups -OCH3 is 1. The highest BCUT2D eigenvalue weighted by Crippen LogP contribution is 2.64. The molecule has 0 aliphatic heterocycles. The van der Waals surface area contributed by atoms with Gasteiger partial charge in [-0.05, 0) is 6.42 Å². The van der Waals surface area contributed by atoms with Gasteiger partial charge in [-0.25, -0.2) is 0 Å². The molecule has 0 saturated carbocycles. The van der Waals surface area contributed by atoms with Crippen molar-refractivity contribution in [2.75, 3.05) is 13.7 Å². The highest BCUT2D eigenvalue weighted by molar-refractivity contribution is 5.72. The minimum Gasteiger partial charge on any atom is -0.469 e. The van der Waals surface area contributed by atoms with Crippen molar-refractivity contribution in [3.8, 4) is 0 Å². The maximum atomic E-state index is 13.7. The molecule has 204 valence electrons. The van der Waals surface area contributed by atoms with E-state index in [-0.39, 0.29) is 0 Å². The van der Waals surface area contributed by atoms with Crippen LogP contribution >= 0.6 is 0 Å². The van der Waals surface area contributed by atoms with Crippen molar-refractivity contribution in [3.05, 3.63) is 0 Å². The molecule has 0 aliphatic rings. The molecule has 0 aromatic rings. The molecule has 0 fully saturated rings. The van der Waals surface area contributed by atoms with E-state index in [1.165, 1.54) is 0 Å². The second-order valence-corrected chi connectivity index (χ2v) is 6.64. The maximum absolute atomic E-state index is 13.7. The molecular weight excluding hydrogens is 537 g/mol. The summed E-state index contributed by atoms with van der Waals surface area (Å²) >= 11 is 0. The number of halogens is 17. The van der Waals surface area contributed by atoms with Crippen LogP contribution in [0.1, 0.15) is 12.8 Å². The Kier molecular flexibility index (Phi) is 8.56. The molecule has 0 rings (SSSR count). The maximum Gasteiger partial charge on any atom is 0.460 e. The molecular formula is C14H12F17NO2. The van der Waals surface area contributed by atoms with Crippen molar-refractivity contribution in [3.63, 3.8) is 0 Å². The summed E-state index contributed by atoms with van der Waals surface area (Å²) in [7, 11) is 0.603. The molecule has 20 heteroatoms. The molecule has 3 nitrogen and oxygen atoms in total. The van der Waals surface area contributed by atoms with Crippen molar-refractivity contribution in [2.24, 2.45) is 11.7 Å². The van der Waals surface area contributed by atoms with Gasteiger partial charge in [-0.15, -0.1) is 0 Å². The molecule has 0 spiro atoms. The number of carbonyl (C=O) groups excluding carboxylic acids is 1. The highest BCUT2D eigenvalue weighted by atomic mass is 19.4. The minimum absolute atomic E-state index is 0.603. The van der Waals surface area contributed by atoms with E-state index in [9.17, 15) is 79.4 Å². The molecule has 0 radical (unpaired) electrons. The van der Waals surface area contributed by atoms with Crippen LogP contribution in [0.3, 0.4) is 0 Å². The topological polar surface area (TPSA) is 52.3 Å². The number of nitrogens with two attached hydrogens (primary N) is 1. The van der Waals surface area contributed by atoms with Crippen LogP contribution in [0.25, 0.3) is 0 Å². The van der Waals surface area contributed by atoms with Crippen LogP contribution in [0.4, 0.5) is 74.6 Å². The van der Waals surface area contributed by atoms with Crippen molar-refractivity contribution < 1.29 is 84.2 Å². The number of ether oxygens (including phenoxy) is 1. The third-order valence-electron chi connectivity index (χ3n) is 4.41. The zero-order valence-electron chi connectivity index (χ0n) is 16.0. The van der Waals surface area contributed by atoms with E-state index >= 15 is 0 Å². The Labute approximate surface area is 177 Å². The average molecular weight is 549 g/mol. The Balaban J connectivity index is 6.47. The Hall–Kier alpha value is -1.76. The third kappa shape index (κ3) is 4.57. The zero-order valence-corrected chi connectivity index (χ0v) is 16.0. The average Bonchev–Trinajstić information content (AvgIpc) is 2.66. The standard InChI is InChI=1S/C14H12F17NO2/c1-34-6(33)5(4-32)2-3-7(15,16)8(17,18)9(19,20)10(21,22)11(23,24)12(25,26)13(27,28)14(29,30)31/h5H,2-4,32H2,1H3. The predicted molar refractivity (Wildman–Crippen MR) is 74.5 cm³/mol. The molecule has 2 N–H and O–H groups in total. The van der Waals surface area contributed by atoms with E-state index in [1.54, 1.807) is 0 Å². The van der Waals surface area contributed by atoms with Gasteiger partial charge in [0, 0.05) is 13.0 Å². The minimum atomic E-state index is -8.67. The lowest BCUT2D eigenvalue weighted by atomic mass is 9.87. The first kappa shape index (κ1) is 32.2. The summed E-state index contributed by atoms with van der Waals surface area (Å²) in [5.41, 5.74) is 4.88. The van der Waals surface area contributed by atoms with Gasteiger partial charge in [-0.1, -0.05) is 0 Å². The summed E-state index contributed by atoms with van der Waals surface area (Å²) in [6, 6.07) is 0. The summed E-state index contributed by atoms with van der Waals surface area (Å²) in [6.45, 7) is -0.988. The van der Waals surface area contributed by atoms with Crippen molar-refractivity contribution in [1.29, 1.82) is 0 Å². The second kappa shape index (κ2) is 9.03. The Bertz CT molecular complexity index is 730. The van der Waals surface area contributed by atoms with E-state index in [0.29, 0.717) is 7.11 Å². The van der Waals surface area contributed by atoms with Crippen LogP contribution in [0.5, 0.6) is 0 Å². The van der Waals surface area contributed by atoms with Crippen molar-refractivity contribution >= 4 is 5.97 Å². The van der Waals surface area contributed by atoms with E-state index in [1.807, 2.05) is 0 Å². The Morgan fingerprint density at radius 2 is 0.971 bits per heavy atom. The van der Waals surface area contributed by atoms with E-state index < -0.39 is 78.9 Å². The van der Waals surface area contributed by atoms with Crippen molar-refractivity contribution in [2.45, 2.75) is 60.5 Å². The number of hydrogen-bond acceptors (Lipinski definition) is 3. The first-order valence-electron chi connectivity index (χ1n) is 8.15. The smallest absolute Gasteiger partial charge is 0.460 e. The van der Waals surface area contributed by atoms with Gasteiger partial charge in [-0.2, -0.15) is 74.6 Å². The summed E-state index contributed by atoms with van der Waals surface area (Å²) in [6.07, 6.45) is -12.2. The molecule has 1 atom stereocenters. The Morgan fingerprint density at radius 1 is 0.647 bits per heavy atom. The molecule has 0 saturated heterocycles. The van der Waals surface area contributed by atoms with Gasteiger partial charge in [-0.3, -0.25) is 4.79 Å². The van der Waals surface area contributed by atoms with Gasteiger partial charge in [0.05, 0.1) is 13.0 Å². The number of carbonyl (C=O) groups is 1. The first-order chi connectivity index (χ1) is 14.7. The van der Waals surface area contributed by atoms with E-state index in [2.05, 4.69) is 4.74 Å². The zero-order chi connectivity index (χ0) is 28.0. The fourth-order valence-corrected chi connectivity index (χ4v) is 2.21. The summed E-state index contributed by atoms with van der Waals surface area (Å²) in [4.78, 5) is 11.1. The van der Waals surface area contributed by atoms with Gasteiger partial charge in [0.15, 0.2) is 0 Å². The number of alkyl halides is 17. The molecule has 34 heavy (non-hydrogen) atoms. The summed E-state index contributed by atoms with van der Waals surface area (Å²) in [5.74, 6) is -60.2. The van der Waals surface area contributed by atoms with Crippen LogP contribution in [0.2, 0.25) is 0 Å². The molecule has 0 amide bonds. The second-order valence-electron chi connectivity index (χ2n) is 6.64. The fourth-order valence-electron chi connectivity index (χ4n) is 2.21. The number of esters is 1. The monoisotopic (exact) mass is 549 g/mol. The molecule has 0 aliphatic carbocycles.